The van der Waals surface area contributed by atoms with Crippen molar-refractivity contribution in [2.75, 3.05) is 13.6 Å². The van der Waals surface area contributed by atoms with Crippen molar-refractivity contribution < 1.29 is 9.59 Å². The third-order valence-corrected chi connectivity index (χ3v) is 8.61. The molecular formula is C35H44N6O2. The van der Waals surface area contributed by atoms with Gasteiger partial charge in [-0.15, -0.1) is 0 Å². The van der Waals surface area contributed by atoms with E-state index in [-0.39, 0.29) is 17.9 Å². The fourth-order valence-electron chi connectivity index (χ4n) is 6.10. The van der Waals surface area contributed by atoms with Crippen LogP contribution in [0.25, 0.3) is 10.8 Å². The lowest BCUT2D eigenvalue weighted by atomic mass is 9.99. The highest BCUT2D eigenvalue weighted by Gasteiger charge is 2.25. The van der Waals surface area contributed by atoms with E-state index >= 15 is 0 Å². The van der Waals surface area contributed by atoms with Crippen LogP contribution in [0.2, 0.25) is 0 Å². The fraction of sp³-hybridized carbons (Fsp3) is 0.400. The number of aromatic amines is 1. The summed E-state index contributed by atoms with van der Waals surface area (Å²) in [5, 5.41) is 11.9. The number of nitrogens with one attached hydrogen (secondary N) is 4. The van der Waals surface area contributed by atoms with E-state index in [1.807, 2.05) is 49.4 Å². The number of benzene rings is 3. The van der Waals surface area contributed by atoms with Crippen molar-refractivity contribution in [2.24, 2.45) is 0 Å². The number of hydrogen-bond acceptors (Lipinski definition) is 5. The molecule has 1 fully saturated rings. The molecule has 5 rings (SSSR count). The van der Waals surface area contributed by atoms with Gasteiger partial charge >= 0.3 is 0 Å². The zero-order chi connectivity index (χ0) is 30.0. The van der Waals surface area contributed by atoms with Crippen molar-refractivity contribution >= 4 is 22.6 Å². The predicted molar refractivity (Wildman–Crippen MR) is 171 cm³/mol. The van der Waals surface area contributed by atoms with Gasteiger partial charge in [0.15, 0.2) is 0 Å². The second-order valence-electron chi connectivity index (χ2n) is 11.7. The molecule has 3 aromatic carbocycles. The first-order valence-corrected chi connectivity index (χ1v) is 15.5. The number of H-pyrrole nitrogens is 1. The Labute approximate surface area is 254 Å². The smallest absolute Gasteiger partial charge is 0.251 e. The molecular weight excluding hydrogens is 536 g/mol. The quantitative estimate of drug-likeness (QED) is 0.158. The highest BCUT2D eigenvalue weighted by atomic mass is 16.2. The number of aromatic nitrogens is 2. The van der Waals surface area contributed by atoms with E-state index in [9.17, 15) is 9.59 Å². The number of carbonyl (C=O) groups excluding carboxylic acids is 2. The fourth-order valence-corrected chi connectivity index (χ4v) is 6.10. The molecule has 2 amide bonds. The van der Waals surface area contributed by atoms with Crippen LogP contribution in [-0.2, 0) is 17.9 Å². The number of imidazole rings is 1. The average molecular weight is 581 g/mol. The van der Waals surface area contributed by atoms with E-state index in [2.05, 4.69) is 62.1 Å². The number of hydrogen-bond donors (Lipinski definition) is 4. The number of nitrogens with zero attached hydrogens (tertiary/aromatic N) is 2. The summed E-state index contributed by atoms with van der Waals surface area (Å²) < 4.78 is 0. The normalized spacial score (nSPS) is 15.0. The molecule has 226 valence electrons. The number of rotatable bonds is 14. The summed E-state index contributed by atoms with van der Waals surface area (Å²) in [6, 6.07) is 21.7. The summed E-state index contributed by atoms with van der Waals surface area (Å²) in [4.78, 5) is 36.7. The summed E-state index contributed by atoms with van der Waals surface area (Å²) in [5.41, 5.74) is 2.67. The van der Waals surface area contributed by atoms with Crippen molar-refractivity contribution in [1.29, 1.82) is 0 Å². The molecule has 4 aromatic rings. The third-order valence-electron chi connectivity index (χ3n) is 8.61. The first-order valence-electron chi connectivity index (χ1n) is 15.5. The number of fused-ring (bicyclic) bond motifs is 1. The number of amides is 2. The first kappa shape index (κ1) is 30.4. The van der Waals surface area contributed by atoms with Gasteiger partial charge in [0, 0.05) is 30.5 Å². The largest absolute Gasteiger partial charge is 0.348 e. The molecule has 0 aliphatic heterocycles. The maximum atomic E-state index is 13.7. The molecule has 1 aromatic heterocycles. The van der Waals surface area contributed by atoms with Crippen molar-refractivity contribution in [3.8, 4) is 0 Å². The van der Waals surface area contributed by atoms with Crippen LogP contribution in [0, 0.1) is 0 Å². The van der Waals surface area contributed by atoms with E-state index in [1.54, 1.807) is 12.4 Å². The molecule has 8 heteroatoms. The minimum absolute atomic E-state index is 0.156. The average Bonchev–Trinajstić information content (AvgIpc) is 3.76. The maximum absolute atomic E-state index is 13.7. The van der Waals surface area contributed by atoms with E-state index in [0.29, 0.717) is 31.1 Å². The SMILES string of the molecule is C[C@H](NC(=O)[C@H](CCCN(C)C1CCCC1)NC(=O)c1ccc(CNCc2ncc[nH]2)cc1)c1cccc2ccccc12. The summed E-state index contributed by atoms with van der Waals surface area (Å²) in [5.74, 6) is 0.484. The van der Waals surface area contributed by atoms with Gasteiger partial charge in [-0.1, -0.05) is 67.4 Å². The van der Waals surface area contributed by atoms with Crippen molar-refractivity contribution in [3.63, 3.8) is 0 Å². The van der Waals surface area contributed by atoms with Crippen LogP contribution >= 0.6 is 0 Å². The minimum Gasteiger partial charge on any atom is -0.348 e. The Kier molecular flexibility index (Phi) is 10.6. The molecule has 1 heterocycles. The Balaban J connectivity index is 1.22. The molecule has 2 atom stereocenters. The Morgan fingerprint density at radius 2 is 1.74 bits per heavy atom. The van der Waals surface area contributed by atoms with Gasteiger partial charge < -0.3 is 25.8 Å². The first-order chi connectivity index (χ1) is 21.0. The lowest BCUT2D eigenvalue weighted by Crippen LogP contribution is -2.47. The number of carbonyl (C=O) groups is 2. The Hall–Kier alpha value is -4.01. The predicted octanol–water partition coefficient (Wildman–Crippen LogP) is 5.48. The third kappa shape index (κ3) is 8.30. The van der Waals surface area contributed by atoms with Gasteiger partial charge in [0.25, 0.3) is 5.91 Å². The Morgan fingerprint density at radius 1 is 0.977 bits per heavy atom. The zero-order valence-corrected chi connectivity index (χ0v) is 25.3. The van der Waals surface area contributed by atoms with Crippen LogP contribution in [0.1, 0.15) is 78.8 Å². The molecule has 43 heavy (non-hydrogen) atoms. The van der Waals surface area contributed by atoms with Crippen molar-refractivity contribution in [1.82, 2.24) is 30.8 Å². The Morgan fingerprint density at radius 3 is 2.51 bits per heavy atom. The van der Waals surface area contributed by atoms with E-state index in [0.717, 1.165) is 40.7 Å². The Bertz CT molecular complexity index is 1460. The molecule has 1 aliphatic carbocycles. The van der Waals surface area contributed by atoms with Gasteiger partial charge in [0.1, 0.15) is 11.9 Å². The van der Waals surface area contributed by atoms with Crippen molar-refractivity contribution in [3.05, 3.63) is 102 Å². The molecule has 4 N–H and O–H groups in total. The summed E-state index contributed by atoms with van der Waals surface area (Å²) in [6.07, 6.45) is 10.0. The lowest BCUT2D eigenvalue weighted by molar-refractivity contribution is -0.123. The van der Waals surface area contributed by atoms with Gasteiger partial charge in [-0.3, -0.25) is 9.59 Å². The van der Waals surface area contributed by atoms with E-state index < -0.39 is 6.04 Å². The van der Waals surface area contributed by atoms with Crippen LogP contribution in [0.5, 0.6) is 0 Å². The summed E-state index contributed by atoms with van der Waals surface area (Å²) in [7, 11) is 2.18. The van der Waals surface area contributed by atoms with Gasteiger partial charge in [-0.2, -0.15) is 0 Å². The molecule has 0 bridgehead atoms. The second-order valence-corrected chi connectivity index (χ2v) is 11.7. The molecule has 1 saturated carbocycles. The van der Waals surface area contributed by atoms with Crippen molar-refractivity contribution in [2.45, 2.75) is 76.7 Å². The van der Waals surface area contributed by atoms with Gasteiger partial charge in [-0.25, -0.2) is 4.98 Å². The molecule has 0 saturated heterocycles. The van der Waals surface area contributed by atoms with Crippen LogP contribution in [0.4, 0.5) is 0 Å². The summed E-state index contributed by atoms with van der Waals surface area (Å²) >= 11 is 0. The lowest BCUT2D eigenvalue weighted by Gasteiger charge is -2.26. The molecule has 0 unspecified atom stereocenters. The molecule has 1 aliphatic rings. The van der Waals surface area contributed by atoms with Gasteiger partial charge in [0.2, 0.25) is 5.91 Å². The van der Waals surface area contributed by atoms with Gasteiger partial charge in [-0.05, 0) is 80.2 Å². The van der Waals surface area contributed by atoms with Crippen LogP contribution in [-0.4, -0.2) is 52.4 Å². The van der Waals surface area contributed by atoms with Gasteiger partial charge in [0.05, 0.1) is 12.6 Å². The van der Waals surface area contributed by atoms with Crippen LogP contribution < -0.4 is 16.0 Å². The summed E-state index contributed by atoms with van der Waals surface area (Å²) in [6.45, 7) is 4.21. The van der Waals surface area contributed by atoms with Crippen LogP contribution in [0.3, 0.4) is 0 Å². The van der Waals surface area contributed by atoms with Crippen LogP contribution in [0.15, 0.2) is 79.1 Å². The topological polar surface area (TPSA) is 102 Å². The molecule has 0 radical (unpaired) electrons. The maximum Gasteiger partial charge on any atom is 0.251 e. The molecule has 8 nitrogen and oxygen atoms in total. The highest BCUT2D eigenvalue weighted by Crippen LogP contribution is 2.25. The molecule has 0 spiro atoms. The van der Waals surface area contributed by atoms with E-state index in [4.69, 9.17) is 0 Å². The zero-order valence-electron chi connectivity index (χ0n) is 25.3. The standard InChI is InChI=1S/C35H44N6O2/c1-25(30-14-7-10-27-9-3-6-13-31(27)30)39-35(43)32(15-8-22-41(2)29-11-4-5-12-29)40-34(42)28-18-16-26(17-19-28)23-36-24-33-37-20-21-38-33/h3,6-7,9-10,13-14,16-21,25,29,32,36H,4-5,8,11-12,15,22-24H2,1-2H3,(H,37,38)(H,39,43)(H,40,42)/t25-,32-/m0/s1. The second kappa shape index (κ2) is 14.9. The monoisotopic (exact) mass is 580 g/mol. The minimum atomic E-state index is -0.628. The highest BCUT2D eigenvalue weighted by molar-refractivity contribution is 5.97. The van der Waals surface area contributed by atoms with E-state index in [1.165, 1.54) is 25.7 Å².